The van der Waals surface area contributed by atoms with Crippen LogP contribution in [0.2, 0.25) is 0 Å². The fraction of sp³-hybridized carbons (Fsp3) is 0.500. The lowest BCUT2D eigenvalue weighted by atomic mass is 9.96. The number of hydrogen-bond donors (Lipinski definition) is 15. The van der Waals surface area contributed by atoms with Gasteiger partial charge < -0.3 is 97.8 Å². The molecule has 0 radical (unpaired) electrons. The third-order valence-corrected chi connectivity index (χ3v) is 15.9. The molecule has 4 aromatic carbocycles. The minimum absolute atomic E-state index is 0.0359. The van der Waals surface area contributed by atoms with E-state index >= 15 is 0 Å². The predicted molar refractivity (Wildman–Crippen MR) is 319 cm³/mol. The number of fused-ring (bicyclic) bond motifs is 2. The molecule has 15 atom stereocenters. The number of hydrogen-bond acceptors (Lipinski definition) is 19. The number of phenols is 1. The van der Waals surface area contributed by atoms with Crippen LogP contribution in [0.25, 0.3) is 22.3 Å². The number of phenolic OH excluding ortho intramolecular Hbond substituents is 1. The number of aliphatic hydroxyl groups is 7. The summed E-state index contributed by atoms with van der Waals surface area (Å²) in [7, 11) is 0. The molecule has 7 amide bonds. The average molecular weight is 1230 g/mol. The van der Waals surface area contributed by atoms with Crippen LogP contribution in [0.15, 0.2) is 97.1 Å². The number of nitrogens with one attached hydrogen (secondary N) is 6. The summed E-state index contributed by atoms with van der Waals surface area (Å²) in [5, 5.41) is 105. The highest BCUT2D eigenvalue weighted by molar-refractivity contribution is 6.00. The number of nitrogens with zero attached hydrogens (tertiary/aromatic N) is 2. The van der Waals surface area contributed by atoms with Crippen molar-refractivity contribution in [2.24, 2.45) is 11.7 Å². The minimum Gasteiger partial charge on any atom is -0.508 e. The molecule has 26 heteroatoms. The Balaban J connectivity index is 1.22. The fourth-order valence-electron chi connectivity index (χ4n) is 10.8. The Morgan fingerprint density at radius 1 is 0.659 bits per heavy atom. The third kappa shape index (κ3) is 17.2. The Morgan fingerprint density at radius 3 is 1.80 bits per heavy atom. The van der Waals surface area contributed by atoms with Crippen LogP contribution in [0, 0.1) is 5.92 Å². The zero-order valence-corrected chi connectivity index (χ0v) is 49.6. The Hall–Kier alpha value is -7.63. The standard InChI is InChI=1S/C62H83N9O17/c1-5-6-7-27-87-44-22-18-39(19-23-44)37-10-8-36(9-11-37)38-12-14-41(15-13-38)55(80)65-45-30-47(76)60(88-28-26-64-25-24-63)69-59(84)51-52(77)33(2)31-71(51)62(86)49(35(4)73)67-58(83)50(54(79)53(78)40-16-20-42(74)21-17-40)68-57(82)46-29-43(75)32-70(46)61(85)48(34(3)72)66-56(45)81/h8-23,33-35,43,45-54,60,64,72-79H,5-7,24-32,63H2,1-4H3,(H,65,80)(H,66,81)(H,67,83)(H,68,82)(H,69,84)/t33-,34+,35+,43+,45-,46?,47+,48?,49?,50?,51?,52-,53-,54-,60?/m0/s1. The van der Waals surface area contributed by atoms with Crippen molar-refractivity contribution in [1.29, 1.82) is 0 Å². The normalized spacial score (nSPS) is 26.5. The molecule has 3 heterocycles. The molecule has 3 aliphatic heterocycles. The SMILES string of the molecule is CCCCCOc1ccc(-c2ccc(-c3ccc(C(=O)N[C@H]4C[C@@H](O)C(OCCNCCN)NC(=O)C5[C@@H](O)[C@@H](C)CN5C(=O)C([C@@H](C)O)NC(=O)C([C@H](O)[C@@H](O)c5ccc(O)cc5)NC(=O)C5C[C@@H](O)CN5C(=O)C([C@@H](C)O)NC4=O)cc3)cc2)cc1. The first-order valence-corrected chi connectivity index (χ1v) is 29.7. The zero-order chi connectivity index (χ0) is 63.9. The number of rotatable bonds is 20. The number of nitrogens with two attached hydrogens (primary N) is 1. The van der Waals surface area contributed by atoms with Crippen molar-refractivity contribution >= 4 is 41.4 Å². The molecule has 0 saturated carbocycles. The monoisotopic (exact) mass is 1230 g/mol. The molecule has 0 bridgehead atoms. The van der Waals surface area contributed by atoms with Gasteiger partial charge in [-0.3, -0.25) is 33.6 Å². The highest BCUT2D eigenvalue weighted by atomic mass is 16.5. The summed E-state index contributed by atoms with van der Waals surface area (Å²) in [6, 6.07) is 15.1. The summed E-state index contributed by atoms with van der Waals surface area (Å²) in [4.78, 5) is 104. The molecule has 0 spiro atoms. The molecule has 3 saturated heterocycles. The molecule has 26 nitrogen and oxygen atoms in total. The van der Waals surface area contributed by atoms with Crippen molar-refractivity contribution in [3.8, 4) is 33.8 Å². The topological polar surface area (TPSA) is 404 Å². The Morgan fingerprint density at radius 2 is 1.22 bits per heavy atom. The van der Waals surface area contributed by atoms with Gasteiger partial charge in [-0.1, -0.05) is 87.4 Å². The van der Waals surface area contributed by atoms with Crippen molar-refractivity contribution in [2.75, 3.05) is 45.9 Å². The van der Waals surface area contributed by atoms with Gasteiger partial charge in [-0.05, 0) is 84.5 Å². The van der Waals surface area contributed by atoms with Gasteiger partial charge in [0.25, 0.3) is 5.91 Å². The van der Waals surface area contributed by atoms with Crippen molar-refractivity contribution in [2.45, 2.75) is 145 Å². The summed E-state index contributed by atoms with van der Waals surface area (Å²) >= 11 is 0. The number of ether oxygens (including phenoxy) is 2. The molecule has 478 valence electrons. The van der Waals surface area contributed by atoms with E-state index in [4.69, 9.17) is 15.2 Å². The molecule has 16 N–H and O–H groups in total. The van der Waals surface area contributed by atoms with Crippen LogP contribution in [-0.2, 0) is 33.5 Å². The van der Waals surface area contributed by atoms with Gasteiger partial charge in [0.2, 0.25) is 35.4 Å². The van der Waals surface area contributed by atoms with Crippen LogP contribution in [0.5, 0.6) is 11.5 Å². The fourth-order valence-corrected chi connectivity index (χ4v) is 10.8. The lowest BCUT2D eigenvalue weighted by molar-refractivity contribution is -0.149. The van der Waals surface area contributed by atoms with Gasteiger partial charge in [-0.15, -0.1) is 0 Å². The van der Waals surface area contributed by atoms with Gasteiger partial charge in [0.05, 0.1) is 37.6 Å². The first kappa shape index (κ1) is 67.9. The molecular weight excluding hydrogens is 1140 g/mol. The highest BCUT2D eigenvalue weighted by Gasteiger charge is 2.50. The summed E-state index contributed by atoms with van der Waals surface area (Å²) in [5.41, 5.74) is 9.09. The summed E-state index contributed by atoms with van der Waals surface area (Å²) in [5.74, 6) is -8.35. The lowest BCUT2D eigenvalue weighted by Gasteiger charge is -2.34. The number of aromatic hydroxyl groups is 1. The molecule has 0 aromatic heterocycles. The van der Waals surface area contributed by atoms with E-state index in [1.807, 2.05) is 48.5 Å². The van der Waals surface area contributed by atoms with Gasteiger partial charge in [0.1, 0.15) is 66.1 Å². The molecule has 0 aliphatic carbocycles. The number of aliphatic hydroxyl groups excluding tert-OH is 7. The molecule has 6 unspecified atom stereocenters. The Kier molecular flexibility index (Phi) is 24.3. The van der Waals surface area contributed by atoms with Crippen molar-refractivity contribution in [3.05, 3.63) is 108 Å². The molecular formula is C62H83N9O17. The van der Waals surface area contributed by atoms with E-state index in [-0.39, 0.29) is 43.1 Å². The maximum atomic E-state index is 14.8. The first-order chi connectivity index (χ1) is 42.0. The Labute approximate surface area is 509 Å². The highest BCUT2D eigenvalue weighted by Crippen LogP contribution is 2.30. The van der Waals surface area contributed by atoms with Gasteiger partial charge in [-0.2, -0.15) is 0 Å². The molecule has 3 aliphatic rings. The van der Waals surface area contributed by atoms with Crippen LogP contribution in [-0.4, -0.2) is 217 Å². The second kappa shape index (κ2) is 31.5. The van der Waals surface area contributed by atoms with E-state index in [1.54, 1.807) is 12.1 Å². The second-order valence-electron chi connectivity index (χ2n) is 22.7. The smallest absolute Gasteiger partial charge is 0.251 e. The predicted octanol–water partition coefficient (Wildman–Crippen LogP) is -1.35. The van der Waals surface area contributed by atoms with E-state index in [1.165, 1.54) is 43.3 Å². The summed E-state index contributed by atoms with van der Waals surface area (Å²) < 4.78 is 11.9. The van der Waals surface area contributed by atoms with Crippen LogP contribution in [0.4, 0.5) is 0 Å². The van der Waals surface area contributed by atoms with Crippen LogP contribution < -0.4 is 42.4 Å². The molecule has 4 aromatic rings. The van der Waals surface area contributed by atoms with E-state index in [0.717, 1.165) is 70.9 Å². The van der Waals surface area contributed by atoms with E-state index in [9.17, 15) is 74.4 Å². The van der Waals surface area contributed by atoms with Gasteiger partial charge in [-0.25, -0.2) is 0 Å². The number of amides is 7. The van der Waals surface area contributed by atoms with Crippen molar-refractivity contribution in [1.82, 2.24) is 41.7 Å². The van der Waals surface area contributed by atoms with Crippen LogP contribution in [0.1, 0.15) is 81.8 Å². The number of carbonyl (C=O) groups is 7. The molecule has 3 fully saturated rings. The maximum Gasteiger partial charge on any atom is 0.251 e. The van der Waals surface area contributed by atoms with Gasteiger partial charge in [0.15, 0.2) is 6.23 Å². The third-order valence-electron chi connectivity index (χ3n) is 15.9. The van der Waals surface area contributed by atoms with Gasteiger partial charge in [0, 0.05) is 57.0 Å². The average Bonchev–Trinajstić information content (AvgIpc) is 2.10. The zero-order valence-electron chi connectivity index (χ0n) is 49.6. The quantitative estimate of drug-likeness (QED) is 0.0455. The van der Waals surface area contributed by atoms with Crippen LogP contribution in [0.3, 0.4) is 0 Å². The number of unbranched alkanes of at least 4 members (excludes halogenated alkanes) is 2. The first-order valence-electron chi connectivity index (χ1n) is 29.7. The van der Waals surface area contributed by atoms with E-state index in [0.29, 0.717) is 13.2 Å². The number of carbonyl (C=O) groups excluding carboxylic acids is 7. The maximum absolute atomic E-state index is 14.8. The largest absolute Gasteiger partial charge is 0.508 e. The van der Waals surface area contributed by atoms with E-state index in [2.05, 4.69) is 38.8 Å². The van der Waals surface area contributed by atoms with Gasteiger partial charge >= 0.3 is 0 Å². The number of benzene rings is 4. The summed E-state index contributed by atoms with van der Waals surface area (Å²) in [6.07, 6.45) is -12.8. The van der Waals surface area contributed by atoms with Crippen molar-refractivity contribution < 1.29 is 83.9 Å². The molecule has 7 rings (SSSR count). The minimum atomic E-state index is -2.29. The Bertz CT molecular complexity index is 2990. The second-order valence-corrected chi connectivity index (χ2v) is 22.7. The van der Waals surface area contributed by atoms with E-state index < -0.39 is 152 Å². The summed E-state index contributed by atoms with van der Waals surface area (Å²) in [6.45, 7) is 6.05. The lowest BCUT2D eigenvalue weighted by Crippen LogP contribution is -2.64. The van der Waals surface area contributed by atoms with Crippen LogP contribution >= 0.6 is 0 Å². The van der Waals surface area contributed by atoms with Crippen molar-refractivity contribution in [3.63, 3.8) is 0 Å². The molecule has 88 heavy (non-hydrogen) atoms.